The van der Waals surface area contributed by atoms with Gasteiger partial charge in [-0.2, -0.15) is 0 Å². The molecule has 0 N–H and O–H groups in total. The third-order valence-corrected chi connectivity index (χ3v) is 2.04. The Morgan fingerprint density at radius 3 is 2.14 bits per heavy atom. The Kier molecular flexibility index (Phi) is 4.91. The van der Waals surface area contributed by atoms with Crippen molar-refractivity contribution in [2.75, 3.05) is 0 Å². The van der Waals surface area contributed by atoms with Crippen molar-refractivity contribution in [3.8, 4) is 0 Å². The van der Waals surface area contributed by atoms with Gasteiger partial charge in [-0.25, -0.2) is 4.79 Å². The van der Waals surface area contributed by atoms with E-state index in [1.165, 1.54) is 6.92 Å². The van der Waals surface area contributed by atoms with Gasteiger partial charge in [0.1, 0.15) is 0 Å². The average Bonchev–Trinajstić information content (AvgIpc) is 2.14. The van der Waals surface area contributed by atoms with Gasteiger partial charge in [0, 0.05) is 6.92 Å². The summed E-state index contributed by atoms with van der Waals surface area (Å²) in [6, 6.07) is 0. The summed E-state index contributed by atoms with van der Waals surface area (Å²) < 4.78 is 9.63. The van der Waals surface area contributed by atoms with Gasteiger partial charge in [0.15, 0.2) is 0 Å². The van der Waals surface area contributed by atoms with E-state index in [0.717, 1.165) is 6.26 Å². The lowest BCUT2D eigenvalue weighted by molar-refractivity contribution is -0.178. The molecule has 0 aromatic carbocycles. The van der Waals surface area contributed by atoms with Gasteiger partial charge in [-0.3, -0.25) is 4.79 Å². The lowest BCUT2D eigenvalue weighted by Gasteiger charge is -2.27. The molecule has 0 rings (SSSR count). The maximum atomic E-state index is 11.5. The van der Waals surface area contributed by atoms with E-state index in [0.29, 0.717) is 12.8 Å². The van der Waals surface area contributed by atoms with Crippen molar-refractivity contribution in [3.05, 3.63) is 12.8 Å². The molecule has 0 aromatic heterocycles. The third kappa shape index (κ3) is 2.87. The van der Waals surface area contributed by atoms with Gasteiger partial charge in [-0.15, -0.1) is 0 Å². The highest BCUT2D eigenvalue weighted by Gasteiger charge is 2.39. The van der Waals surface area contributed by atoms with E-state index in [2.05, 4.69) is 11.3 Å². The summed E-state index contributed by atoms with van der Waals surface area (Å²) in [5.41, 5.74) is -1.17. The van der Waals surface area contributed by atoms with Crippen LogP contribution in [0.1, 0.15) is 33.6 Å². The molecule has 4 heteroatoms. The first-order chi connectivity index (χ1) is 6.52. The molecule has 80 valence electrons. The zero-order chi connectivity index (χ0) is 11.2. The van der Waals surface area contributed by atoms with Gasteiger partial charge in [0.05, 0.1) is 6.26 Å². The van der Waals surface area contributed by atoms with E-state index in [4.69, 9.17) is 4.74 Å². The Hall–Kier alpha value is -1.32. The molecule has 0 saturated carbocycles. The van der Waals surface area contributed by atoms with Crippen molar-refractivity contribution in [1.29, 1.82) is 0 Å². The second-order valence-electron chi connectivity index (χ2n) is 2.87. The smallest absolute Gasteiger partial charge is 0.355 e. The number of hydrogen-bond acceptors (Lipinski definition) is 4. The molecule has 14 heavy (non-hydrogen) atoms. The molecule has 0 heterocycles. The summed E-state index contributed by atoms with van der Waals surface area (Å²) in [4.78, 5) is 22.3. The number of carbonyl (C=O) groups is 2. The van der Waals surface area contributed by atoms with Gasteiger partial charge in [-0.1, -0.05) is 20.4 Å². The van der Waals surface area contributed by atoms with Crippen molar-refractivity contribution in [2.45, 2.75) is 39.2 Å². The van der Waals surface area contributed by atoms with Crippen LogP contribution >= 0.6 is 0 Å². The Labute approximate surface area is 83.9 Å². The van der Waals surface area contributed by atoms with E-state index < -0.39 is 17.5 Å². The van der Waals surface area contributed by atoms with Gasteiger partial charge in [0.2, 0.25) is 5.60 Å². The first kappa shape index (κ1) is 12.7. The molecule has 0 radical (unpaired) electrons. The van der Waals surface area contributed by atoms with Crippen molar-refractivity contribution >= 4 is 11.9 Å². The quantitative estimate of drug-likeness (QED) is 0.501. The summed E-state index contributed by atoms with van der Waals surface area (Å²) >= 11 is 0. The van der Waals surface area contributed by atoms with Crippen molar-refractivity contribution < 1.29 is 19.1 Å². The highest BCUT2D eigenvalue weighted by atomic mass is 16.6. The Balaban J connectivity index is 4.75. The maximum absolute atomic E-state index is 11.5. The highest BCUT2D eigenvalue weighted by Crippen LogP contribution is 2.22. The summed E-state index contributed by atoms with van der Waals surface area (Å²) in [6.45, 7) is 8.06. The van der Waals surface area contributed by atoms with Crippen LogP contribution in [0.5, 0.6) is 0 Å². The van der Waals surface area contributed by atoms with E-state index in [1.54, 1.807) is 13.8 Å². The van der Waals surface area contributed by atoms with E-state index >= 15 is 0 Å². The number of carbonyl (C=O) groups excluding carboxylic acids is 2. The second-order valence-corrected chi connectivity index (χ2v) is 2.87. The van der Waals surface area contributed by atoms with Crippen molar-refractivity contribution in [2.24, 2.45) is 0 Å². The minimum atomic E-state index is -1.17. The molecule has 0 aliphatic heterocycles. The maximum Gasteiger partial charge on any atom is 0.355 e. The molecule has 0 unspecified atom stereocenters. The van der Waals surface area contributed by atoms with Crippen LogP contribution in [-0.2, 0) is 19.1 Å². The van der Waals surface area contributed by atoms with Gasteiger partial charge in [0.25, 0.3) is 0 Å². The highest BCUT2D eigenvalue weighted by molar-refractivity contribution is 5.83. The van der Waals surface area contributed by atoms with Crippen LogP contribution in [0.3, 0.4) is 0 Å². The first-order valence-corrected chi connectivity index (χ1v) is 4.54. The fourth-order valence-electron chi connectivity index (χ4n) is 1.18. The third-order valence-electron chi connectivity index (χ3n) is 2.04. The fourth-order valence-corrected chi connectivity index (χ4v) is 1.18. The molecule has 0 aliphatic rings. The molecule has 0 saturated heterocycles. The number of hydrogen-bond donors (Lipinski definition) is 0. The summed E-state index contributed by atoms with van der Waals surface area (Å²) in [6.07, 6.45) is 1.80. The molecule has 0 amide bonds. The Morgan fingerprint density at radius 1 is 1.36 bits per heavy atom. The number of esters is 2. The zero-order valence-electron chi connectivity index (χ0n) is 8.83. The van der Waals surface area contributed by atoms with Crippen LogP contribution in [-0.4, -0.2) is 17.5 Å². The topological polar surface area (TPSA) is 52.6 Å². The molecule has 0 fully saturated rings. The predicted octanol–water partition coefficient (Wildman–Crippen LogP) is 1.79. The molecule has 0 aromatic rings. The van der Waals surface area contributed by atoms with Crippen molar-refractivity contribution in [1.82, 2.24) is 0 Å². The molecule has 0 atom stereocenters. The monoisotopic (exact) mass is 200 g/mol. The van der Waals surface area contributed by atoms with Crippen LogP contribution in [0.2, 0.25) is 0 Å². The minimum Gasteiger partial charge on any atom is -0.447 e. The lowest BCUT2D eigenvalue weighted by Crippen LogP contribution is -2.42. The minimum absolute atomic E-state index is 0.385. The largest absolute Gasteiger partial charge is 0.447 e. The Morgan fingerprint density at radius 2 is 1.86 bits per heavy atom. The van der Waals surface area contributed by atoms with Crippen molar-refractivity contribution in [3.63, 3.8) is 0 Å². The van der Waals surface area contributed by atoms with Gasteiger partial charge >= 0.3 is 11.9 Å². The molecule has 0 spiro atoms. The Bertz CT molecular complexity index is 228. The SMILES string of the molecule is C=COC(=O)C(CC)(CC)OC(C)=O. The van der Waals surface area contributed by atoms with Crippen LogP contribution in [0.4, 0.5) is 0 Å². The lowest BCUT2D eigenvalue weighted by atomic mass is 9.97. The zero-order valence-corrected chi connectivity index (χ0v) is 8.83. The molecular weight excluding hydrogens is 184 g/mol. The number of ether oxygens (including phenoxy) is 2. The fraction of sp³-hybridized carbons (Fsp3) is 0.600. The van der Waals surface area contributed by atoms with Crippen LogP contribution < -0.4 is 0 Å². The predicted molar refractivity (Wildman–Crippen MR) is 51.4 cm³/mol. The summed E-state index contributed by atoms with van der Waals surface area (Å²) in [5, 5.41) is 0. The summed E-state index contributed by atoms with van der Waals surface area (Å²) in [5.74, 6) is -1.07. The van der Waals surface area contributed by atoms with Gasteiger partial charge in [-0.05, 0) is 12.8 Å². The molecule has 0 aliphatic carbocycles. The number of rotatable bonds is 5. The van der Waals surface area contributed by atoms with E-state index in [1.807, 2.05) is 0 Å². The average molecular weight is 200 g/mol. The molecule has 4 nitrogen and oxygen atoms in total. The van der Waals surface area contributed by atoms with Crippen LogP contribution in [0, 0.1) is 0 Å². The summed E-state index contributed by atoms with van der Waals surface area (Å²) in [7, 11) is 0. The second kappa shape index (κ2) is 5.42. The standard InChI is InChI=1S/C10H16O4/c1-5-10(6-2,14-8(4)11)9(12)13-7-3/h7H,3,5-6H2,1-2,4H3. The van der Waals surface area contributed by atoms with Crippen LogP contribution in [0.25, 0.3) is 0 Å². The van der Waals surface area contributed by atoms with Gasteiger partial charge < -0.3 is 9.47 Å². The van der Waals surface area contributed by atoms with E-state index in [-0.39, 0.29) is 0 Å². The van der Waals surface area contributed by atoms with Crippen LogP contribution in [0.15, 0.2) is 12.8 Å². The molecule has 0 bridgehead atoms. The first-order valence-electron chi connectivity index (χ1n) is 4.54. The normalized spacial score (nSPS) is 10.5. The van der Waals surface area contributed by atoms with E-state index in [9.17, 15) is 9.59 Å². The molecular formula is C10H16O4.